The van der Waals surface area contributed by atoms with Crippen LogP contribution in [0.5, 0.6) is 0 Å². The van der Waals surface area contributed by atoms with Crippen LogP contribution >= 0.6 is 11.8 Å². The van der Waals surface area contributed by atoms with Gasteiger partial charge in [0.15, 0.2) is 0 Å². The molecule has 0 bridgehead atoms. The fraction of sp³-hybridized carbons (Fsp3) is 0.607. The van der Waals surface area contributed by atoms with Crippen LogP contribution in [0.25, 0.3) is 0 Å². The van der Waals surface area contributed by atoms with Crippen molar-refractivity contribution in [2.24, 2.45) is 5.73 Å². The lowest BCUT2D eigenvalue weighted by atomic mass is 10.1. The number of carboxylic acid groups (broad SMARTS) is 2. The van der Waals surface area contributed by atoms with Gasteiger partial charge in [-0.1, -0.05) is 0 Å². The van der Waals surface area contributed by atoms with Gasteiger partial charge < -0.3 is 57.5 Å². The van der Waals surface area contributed by atoms with E-state index in [1.807, 2.05) is 11.6 Å². The van der Waals surface area contributed by atoms with Crippen LogP contribution in [-0.4, -0.2) is 146 Å². The Balaban J connectivity index is 2.00. The number of hydrogen-bond donors (Lipinski definition) is 10. The van der Waals surface area contributed by atoms with Crippen molar-refractivity contribution in [3.05, 3.63) is 18.2 Å². The molecule has 1 aromatic heterocycles. The molecule has 272 valence electrons. The summed E-state index contributed by atoms with van der Waals surface area (Å²) < 4.78 is 0. The normalized spacial score (nSPS) is 17.1. The molecule has 21 heteroatoms. The van der Waals surface area contributed by atoms with Crippen LogP contribution in [0.3, 0.4) is 0 Å². The van der Waals surface area contributed by atoms with Gasteiger partial charge in [0.2, 0.25) is 35.4 Å². The van der Waals surface area contributed by atoms with Crippen molar-refractivity contribution >= 4 is 59.1 Å². The number of hydrogen-bond acceptors (Lipinski definition) is 12. The van der Waals surface area contributed by atoms with E-state index < -0.39 is 103 Å². The molecule has 1 aliphatic rings. The second kappa shape index (κ2) is 19.9. The molecule has 49 heavy (non-hydrogen) atoms. The third kappa shape index (κ3) is 13.0. The minimum atomic E-state index is -1.73. The van der Waals surface area contributed by atoms with Crippen molar-refractivity contribution in [2.45, 2.75) is 75.3 Å². The molecule has 2 heterocycles. The first-order valence-electron chi connectivity index (χ1n) is 15.2. The number of imidazole rings is 1. The molecule has 0 aliphatic carbocycles. The van der Waals surface area contributed by atoms with Gasteiger partial charge in [-0.25, -0.2) is 9.78 Å². The largest absolute Gasteiger partial charge is 0.481 e. The van der Waals surface area contributed by atoms with E-state index in [1.165, 1.54) is 31.2 Å². The highest BCUT2D eigenvalue weighted by atomic mass is 32.2. The monoisotopic (exact) mass is 713 g/mol. The number of aliphatic hydroxyl groups excluding tert-OH is 1. The molecule has 1 saturated heterocycles. The number of aliphatic hydroxyl groups is 1. The number of thioether (sulfide) groups is 1. The quantitative estimate of drug-likeness (QED) is 0.0611. The van der Waals surface area contributed by atoms with Crippen LogP contribution in [0.4, 0.5) is 0 Å². The van der Waals surface area contributed by atoms with Crippen molar-refractivity contribution in [1.29, 1.82) is 0 Å². The van der Waals surface area contributed by atoms with E-state index in [0.29, 0.717) is 24.3 Å². The lowest BCUT2D eigenvalue weighted by Gasteiger charge is -2.29. The molecule has 6 atom stereocenters. The molecule has 0 unspecified atom stereocenters. The van der Waals surface area contributed by atoms with Crippen molar-refractivity contribution in [1.82, 2.24) is 41.5 Å². The lowest BCUT2D eigenvalue weighted by Crippen LogP contribution is -2.59. The van der Waals surface area contributed by atoms with Crippen molar-refractivity contribution in [3.63, 3.8) is 0 Å². The van der Waals surface area contributed by atoms with E-state index in [9.17, 15) is 43.5 Å². The molecule has 11 N–H and O–H groups in total. The highest BCUT2D eigenvalue weighted by Crippen LogP contribution is 2.19. The summed E-state index contributed by atoms with van der Waals surface area (Å²) in [7, 11) is 0. The van der Waals surface area contributed by atoms with Crippen molar-refractivity contribution in [3.8, 4) is 0 Å². The summed E-state index contributed by atoms with van der Waals surface area (Å²) in [4.78, 5) is 107. The highest BCUT2D eigenvalue weighted by Gasteiger charge is 2.38. The van der Waals surface area contributed by atoms with Crippen LogP contribution in [0.2, 0.25) is 0 Å². The average molecular weight is 714 g/mol. The van der Waals surface area contributed by atoms with Gasteiger partial charge >= 0.3 is 11.9 Å². The Hall–Kier alpha value is -4.76. The van der Waals surface area contributed by atoms with Crippen molar-refractivity contribution in [2.75, 3.05) is 31.7 Å². The Morgan fingerprint density at radius 1 is 1.02 bits per heavy atom. The molecule has 2 rings (SSSR count). The summed E-state index contributed by atoms with van der Waals surface area (Å²) in [5.74, 6) is -7.11. The maximum Gasteiger partial charge on any atom is 0.326 e. The SMILES string of the molecule is CSCC[C@H](N)C(=O)N[C@@H](Cc1cnc[nH]1)C(=O)N[C@@H](CO)C(=O)N1CCC[C@H]1C(=O)NCC(=O)N[C@@H](C)C(=O)N[C@@H](CC(=O)O)C(=O)O. The van der Waals surface area contributed by atoms with Gasteiger partial charge in [-0.3, -0.25) is 33.6 Å². The van der Waals surface area contributed by atoms with E-state index in [-0.39, 0.29) is 19.4 Å². The number of rotatable bonds is 20. The highest BCUT2D eigenvalue weighted by molar-refractivity contribution is 7.98. The summed E-state index contributed by atoms with van der Waals surface area (Å²) in [5, 5.41) is 39.6. The molecule has 20 nitrogen and oxygen atoms in total. The Morgan fingerprint density at radius 2 is 1.69 bits per heavy atom. The van der Waals surface area contributed by atoms with Gasteiger partial charge in [0.25, 0.3) is 0 Å². The minimum absolute atomic E-state index is 0.0290. The first-order valence-corrected chi connectivity index (χ1v) is 16.6. The van der Waals surface area contributed by atoms with Gasteiger partial charge in [-0.05, 0) is 38.2 Å². The lowest BCUT2D eigenvalue weighted by molar-refractivity contribution is -0.147. The van der Waals surface area contributed by atoms with E-state index in [0.717, 1.165) is 4.90 Å². The first kappa shape index (κ1) is 40.4. The molecule has 0 radical (unpaired) electrons. The minimum Gasteiger partial charge on any atom is -0.481 e. The molecule has 0 spiro atoms. The van der Waals surface area contributed by atoms with Gasteiger partial charge in [0.1, 0.15) is 30.2 Å². The van der Waals surface area contributed by atoms with Crippen molar-refractivity contribution < 1.29 is 53.7 Å². The van der Waals surface area contributed by atoms with Crippen LogP contribution in [0.1, 0.15) is 38.3 Å². The number of aliphatic carboxylic acids is 2. The molecular formula is C28H43N9O11S. The number of likely N-dealkylation sites (tertiary alicyclic amines) is 1. The number of nitrogens with one attached hydrogen (secondary N) is 6. The Morgan fingerprint density at radius 3 is 2.29 bits per heavy atom. The van der Waals surface area contributed by atoms with E-state index in [2.05, 4.69) is 31.2 Å². The number of nitrogens with two attached hydrogens (primary N) is 1. The smallest absolute Gasteiger partial charge is 0.326 e. The fourth-order valence-electron chi connectivity index (χ4n) is 4.76. The summed E-state index contributed by atoms with van der Waals surface area (Å²) in [5.41, 5.74) is 6.46. The fourth-order valence-corrected chi connectivity index (χ4v) is 5.25. The molecule has 1 fully saturated rings. The maximum atomic E-state index is 13.4. The number of nitrogens with zero attached hydrogens (tertiary/aromatic N) is 2. The van der Waals surface area contributed by atoms with Crippen LogP contribution in [-0.2, 0) is 44.8 Å². The summed E-state index contributed by atoms with van der Waals surface area (Å²) >= 11 is 1.50. The number of carbonyl (C=O) groups is 8. The standard InChI is InChI=1S/C28H43N9O11S/c1-14(23(42)35-18(28(47)48)9-22(40)41)33-21(39)11-31-26(45)20-4-3-6-37(20)27(46)19(12-38)36-25(44)17(8-15-10-30-13-32-15)34-24(43)16(29)5-7-49-2/h10,13-14,16-20,38H,3-9,11-12,29H2,1-2H3,(H,30,32)(H,31,45)(H,33,39)(H,34,43)(H,35,42)(H,36,44)(H,40,41)(H,47,48)/t14-,16-,17-,18-,19-,20-/m0/s1. The zero-order valence-electron chi connectivity index (χ0n) is 27.0. The summed E-state index contributed by atoms with van der Waals surface area (Å²) in [6.45, 7) is -0.127. The zero-order valence-corrected chi connectivity index (χ0v) is 27.8. The molecule has 0 saturated carbocycles. The maximum absolute atomic E-state index is 13.4. The number of aromatic amines is 1. The topological polar surface area (TPSA) is 315 Å². The van der Waals surface area contributed by atoms with Gasteiger partial charge in [0, 0.05) is 24.9 Å². The Kier molecular flexibility index (Phi) is 16.4. The third-order valence-electron chi connectivity index (χ3n) is 7.40. The van der Waals surface area contributed by atoms with Gasteiger partial charge in [-0.15, -0.1) is 0 Å². The molecule has 1 aromatic rings. The Labute approximate surface area is 285 Å². The van der Waals surface area contributed by atoms with Crippen LogP contribution in [0.15, 0.2) is 12.5 Å². The van der Waals surface area contributed by atoms with E-state index >= 15 is 0 Å². The zero-order chi connectivity index (χ0) is 36.7. The number of carbonyl (C=O) groups excluding carboxylic acids is 6. The average Bonchev–Trinajstić information content (AvgIpc) is 3.76. The number of H-pyrrole nitrogens is 1. The second-order valence-electron chi connectivity index (χ2n) is 11.2. The summed E-state index contributed by atoms with van der Waals surface area (Å²) in [6.07, 6.45) is 4.74. The first-order chi connectivity index (χ1) is 23.2. The van der Waals surface area contributed by atoms with Gasteiger partial charge in [-0.2, -0.15) is 11.8 Å². The summed E-state index contributed by atoms with van der Waals surface area (Å²) in [6, 6.07) is -7.63. The van der Waals surface area contributed by atoms with Gasteiger partial charge in [0.05, 0.1) is 31.9 Å². The van der Waals surface area contributed by atoms with E-state index in [1.54, 1.807) is 0 Å². The predicted octanol–water partition coefficient (Wildman–Crippen LogP) is -4.35. The Bertz CT molecular complexity index is 1350. The predicted molar refractivity (Wildman–Crippen MR) is 171 cm³/mol. The molecule has 6 amide bonds. The number of carboxylic acids is 2. The number of amides is 6. The van der Waals surface area contributed by atoms with E-state index in [4.69, 9.17) is 15.9 Å². The van der Waals surface area contributed by atoms with Crippen LogP contribution in [0, 0.1) is 0 Å². The molecule has 1 aliphatic heterocycles. The molecular weight excluding hydrogens is 670 g/mol. The second-order valence-corrected chi connectivity index (χ2v) is 12.2. The number of aromatic nitrogens is 2. The molecule has 0 aromatic carbocycles. The third-order valence-corrected chi connectivity index (χ3v) is 8.05. The van der Waals surface area contributed by atoms with Crippen LogP contribution < -0.4 is 32.3 Å².